The number of pyridine rings is 1. The molecule has 0 unspecified atom stereocenters. The van der Waals surface area contributed by atoms with Gasteiger partial charge in [0.15, 0.2) is 11.9 Å². The van der Waals surface area contributed by atoms with E-state index in [4.69, 9.17) is 9.72 Å². The fourth-order valence-electron chi connectivity index (χ4n) is 4.15. The van der Waals surface area contributed by atoms with Crippen LogP contribution in [0.15, 0.2) is 48.5 Å². The number of aryl methyl sites for hydroxylation is 1. The molecule has 1 heterocycles. The Morgan fingerprint density at radius 3 is 2.62 bits per heavy atom. The molecule has 6 nitrogen and oxygen atoms in total. The molecule has 0 spiro atoms. The van der Waals surface area contributed by atoms with Crippen LogP contribution in [0.4, 0.5) is 5.69 Å². The number of ether oxygens (including phenoxy) is 1. The fourth-order valence-corrected chi connectivity index (χ4v) is 4.15. The van der Waals surface area contributed by atoms with E-state index in [2.05, 4.69) is 5.32 Å². The fraction of sp³-hybridized carbons (Fsp3) is 0.308. The normalized spacial score (nSPS) is 13.8. The van der Waals surface area contributed by atoms with Crippen LogP contribution in [0.3, 0.4) is 0 Å². The number of rotatable bonds is 6. The molecule has 0 aliphatic heterocycles. The Morgan fingerprint density at radius 1 is 1.06 bits per heavy atom. The Bertz CT molecular complexity index is 1200. The van der Waals surface area contributed by atoms with Gasteiger partial charge in [-0.3, -0.25) is 14.6 Å². The highest BCUT2D eigenvalue weighted by molar-refractivity contribution is 6.06. The molecule has 1 N–H and O–H groups in total. The van der Waals surface area contributed by atoms with Crippen LogP contribution >= 0.6 is 0 Å². The zero-order valence-electron chi connectivity index (χ0n) is 18.3. The summed E-state index contributed by atoms with van der Waals surface area (Å²) < 4.78 is 5.73. The predicted molar refractivity (Wildman–Crippen MR) is 123 cm³/mol. The van der Waals surface area contributed by atoms with Crippen molar-refractivity contribution in [3.63, 3.8) is 0 Å². The smallest absolute Gasteiger partial charge is 0.339 e. The molecule has 0 fully saturated rings. The van der Waals surface area contributed by atoms with Crippen LogP contribution in [0, 0.1) is 0 Å². The van der Waals surface area contributed by atoms with E-state index in [1.807, 2.05) is 24.3 Å². The number of fused-ring (bicyclic) bond motifs is 2. The van der Waals surface area contributed by atoms with Gasteiger partial charge in [-0.05, 0) is 62.8 Å². The maximum atomic E-state index is 13.3. The summed E-state index contributed by atoms with van der Waals surface area (Å²) in [6.45, 7) is 3.26. The first-order chi connectivity index (χ1) is 15.5. The van der Waals surface area contributed by atoms with E-state index in [0.717, 1.165) is 47.8 Å². The Morgan fingerprint density at radius 2 is 1.84 bits per heavy atom. The molecule has 1 aliphatic carbocycles. The number of para-hydroxylation sites is 1. The van der Waals surface area contributed by atoms with Gasteiger partial charge < -0.3 is 10.1 Å². The third kappa shape index (κ3) is 4.40. The summed E-state index contributed by atoms with van der Waals surface area (Å²) in [6.07, 6.45) is 3.04. The van der Waals surface area contributed by atoms with Crippen molar-refractivity contribution in [1.29, 1.82) is 0 Å². The van der Waals surface area contributed by atoms with Crippen molar-refractivity contribution in [2.24, 2.45) is 0 Å². The van der Waals surface area contributed by atoms with Crippen molar-refractivity contribution < 1.29 is 19.1 Å². The van der Waals surface area contributed by atoms with Crippen LogP contribution in [0.2, 0.25) is 0 Å². The molecule has 0 bridgehead atoms. The zero-order valence-corrected chi connectivity index (χ0v) is 18.3. The Labute approximate surface area is 187 Å². The molecule has 4 rings (SSSR count). The van der Waals surface area contributed by atoms with Crippen LogP contribution in [-0.4, -0.2) is 28.7 Å². The van der Waals surface area contributed by atoms with E-state index in [1.165, 1.54) is 6.92 Å². The number of hydrogen-bond acceptors (Lipinski definition) is 5. The molecule has 32 heavy (non-hydrogen) atoms. The molecule has 2 aromatic carbocycles. The van der Waals surface area contributed by atoms with Gasteiger partial charge in [-0.2, -0.15) is 0 Å². The molecule has 3 aromatic rings. The van der Waals surface area contributed by atoms with Crippen molar-refractivity contribution >= 4 is 34.3 Å². The van der Waals surface area contributed by atoms with Crippen molar-refractivity contribution in [2.45, 2.75) is 52.1 Å². The van der Waals surface area contributed by atoms with Crippen LogP contribution in [0.1, 0.15) is 65.1 Å². The van der Waals surface area contributed by atoms with Crippen LogP contribution in [-0.2, 0) is 22.4 Å². The lowest BCUT2D eigenvalue weighted by molar-refractivity contribution is -0.124. The van der Waals surface area contributed by atoms with E-state index in [9.17, 15) is 14.4 Å². The van der Waals surface area contributed by atoms with Gasteiger partial charge in [0.1, 0.15) is 0 Å². The van der Waals surface area contributed by atoms with Crippen molar-refractivity contribution in [1.82, 2.24) is 4.98 Å². The monoisotopic (exact) mass is 430 g/mol. The molecular formula is C26H26N2O4. The molecule has 6 heteroatoms. The number of amides is 1. The topological polar surface area (TPSA) is 85.4 Å². The third-order valence-electron chi connectivity index (χ3n) is 5.82. The number of benzene rings is 2. The molecule has 1 atom stereocenters. The predicted octanol–water partition coefficient (Wildman–Crippen LogP) is 4.89. The highest BCUT2D eigenvalue weighted by atomic mass is 16.5. The second-order valence-electron chi connectivity index (χ2n) is 8.06. The average molecular weight is 431 g/mol. The number of carbonyl (C=O) groups is 3. The summed E-state index contributed by atoms with van der Waals surface area (Å²) in [5.74, 6) is -1.01. The number of Topliss-reactive ketones (excluding diaryl/α,β-unsaturated/α-hetero) is 1. The number of aromatic nitrogens is 1. The van der Waals surface area contributed by atoms with Crippen LogP contribution in [0.25, 0.3) is 10.9 Å². The highest BCUT2D eigenvalue weighted by Crippen LogP contribution is 2.30. The summed E-state index contributed by atoms with van der Waals surface area (Å²) in [5, 5.41) is 3.52. The molecule has 164 valence electrons. The molecule has 1 aliphatic rings. The Hall–Kier alpha value is -3.54. The lowest BCUT2D eigenvalue weighted by Gasteiger charge is -2.22. The van der Waals surface area contributed by atoms with Crippen molar-refractivity contribution in [3.8, 4) is 0 Å². The molecular weight excluding hydrogens is 404 g/mol. The quantitative estimate of drug-likeness (QED) is 0.445. The minimum atomic E-state index is -0.949. The number of anilines is 1. The first-order valence-electron chi connectivity index (χ1n) is 11.0. The number of nitrogens with one attached hydrogen (secondary N) is 1. The molecule has 0 saturated heterocycles. The average Bonchev–Trinajstić information content (AvgIpc) is 2.80. The molecule has 0 radical (unpaired) electrons. The van der Waals surface area contributed by atoms with Gasteiger partial charge in [0.25, 0.3) is 5.91 Å². The summed E-state index contributed by atoms with van der Waals surface area (Å²) in [4.78, 5) is 42.6. The highest BCUT2D eigenvalue weighted by Gasteiger charge is 2.27. The largest absolute Gasteiger partial charge is 0.449 e. The number of hydrogen-bond donors (Lipinski definition) is 1. The van der Waals surface area contributed by atoms with Gasteiger partial charge in [0, 0.05) is 22.3 Å². The van der Waals surface area contributed by atoms with E-state index < -0.39 is 18.0 Å². The standard InChI is InChI=1S/C26H26N2O4/c1-3-23(25(30)27-18-10-8-9-17(15-18)16(2)29)32-26(31)24-19-11-4-6-13-21(19)28-22-14-7-5-12-20(22)24/h4,6,8-11,13,15,23H,3,5,7,12,14H2,1-2H3,(H,27,30)/t23-/m0/s1. The molecule has 1 aromatic heterocycles. The second kappa shape index (κ2) is 9.30. The van der Waals surface area contributed by atoms with Crippen molar-refractivity contribution in [2.75, 3.05) is 5.32 Å². The van der Waals surface area contributed by atoms with Crippen molar-refractivity contribution in [3.05, 3.63) is 70.9 Å². The lowest BCUT2D eigenvalue weighted by atomic mass is 9.90. The van der Waals surface area contributed by atoms with Gasteiger partial charge >= 0.3 is 5.97 Å². The summed E-state index contributed by atoms with van der Waals surface area (Å²) in [6, 6.07) is 14.3. The zero-order chi connectivity index (χ0) is 22.7. The number of esters is 1. The number of nitrogens with zero attached hydrogens (tertiary/aromatic N) is 1. The van der Waals surface area contributed by atoms with Crippen LogP contribution in [0.5, 0.6) is 0 Å². The van der Waals surface area contributed by atoms with E-state index >= 15 is 0 Å². The van der Waals surface area contributed by atoms with Gasteiger partial charge in [-0.15, -0.1) is 0 Å². The second-order valence-corrected chi connectivity index (χ2v) is 8.06. The number of ketones is 1. The first-order valence-corrected chi connectivity index (χ1v) is 11.0. The van der Waals surface area contributed by atoms with Gasteiger partial charge in [0.05, 0.1) is 11.1 Å². The van der Waals surface area contributed by atoms with Gasteiger partial charge in [-0.1, -0.05) is 37.3 Å². The first kappa shape index (κ1) is 21.7. The Balaban J connectivity index is 1.60. The van der Waals surface area contributed by atoms with E-state index in [-0.39, 0.29) is 5.78 Å². The summed E-state index contributed by atoms with van der Waals surface area (Å²) >= 11 is 0. The van der Waals surface area contributed by atoms with Gasteiger partial charge in [0.2, 0.25) is 0 Å². The number of carbonyl (C=O) groups excluding carboxylic acids is 3. The van der Waals surface area contributed by atoms with E-state index in [1.54, 1.807) is 31.2 Å². The molecule has 0 saturated carbocycles. The SMILES string of the molecule is CC[C@H](OC(=O)c1c2c(nc3ccccc13)CCCC2)C(=O)Nc1cccc(C(C)=O)c1. The van der Waals surface area contributed by atoms with Gasteiger partial charge in [-0.25, -0.2) is 4.79 Å². The molecule has 1 amide bonds. The lowest BCUT2D eigenvalue weighted by Crippen LogP contribution is -2.32. The summed E-state index contributed by atoms with van der Waals surface area (Å²) in [5.41, 5.74) is 4.16. The van der Waals surface area contributed by atoms with E-state index in [0.29, 0.717) is 23.2 Å². The van der Waals surface area contributed by atoms with Crippen LogP contribution < -0.4 is 5.32 Å². The summed E-state index contributed by atoms with van der Waals surface area (Å²) in [7, 11) is 0. The minimum Gasteiger partial charge on any atom is -0.449 e. The Kier molecular flexibility index (Phi) is 6.30. The third-order valence-corrected chi connectivity index (χ3v) is 5.82. The minimum absolute atomic E-state index is 0.0890. The maximum absolute atomic E-state index is 13.3. The maximum Gasteiger partial charge on any atom is 0.339 e.